The van der Waals surface area contributed by atoms with Crippen LogP contribution in [-0.2, 0) is 14.3 Å². The van der Waals surface area contributed by atoms with Gasteiger partial charge in [-0.3, -0.25) is 9.59 Å². The standard InChI is InChI=1S/C12H23NO4/c1-3-9(2)11(13)12(16)17-8-6-4-5-7-10(14)15/h9,11H,3-8,13H2,1-2H3,(H,14,15)/t9-,11-/m0/s1. The van der Waals surface area contributed by atoms with Crippen LogP contribution < -0.4 is 5.73 Å². The summed E-state index contributed by atoms with van der Waals surface area (Å²) >= 11 is 0. The van der Waals surface area contributed by atoms with Gasteiger partial charge in [-0.05, 0) is 25.2 Å². The Morgan fingerprint density at radius 1 is 1.29 bits per heavy atom. The summed E-state index contributed by atoms with van der Waals surface area (Å²) < 4.78 is 5.02. The van der Waals surface area contributed by atoms with Gasteiger partial charge in [0.05, 0.1) is 6.61 Å². The molecular weight excluding hydrogens is 222 g/mol. The van der Waals surface area contributed by atoms with Crippen molar-refractivity contribution < 1.29 is 19.4 Å². The minimum atomic E-state index is -0.791. The van der Waals surface area contributed by atoms with Crippen LogP contribution >= 0.6 is 0 Å². The second-order valence-corrected chi connectivity index (χ2v) is 4.28. The predicted molar refractivity (Wildman–Crippen MR) is 64.5 cm³/mol. The van der Waals surface area contributed by atoms with Crippen molar-refractivity contribution in [2.75, 3.05) is 6.61 Å². The maximum atomic E-state index is 11.4. The Hall–Kier alpha value is -1.10. The lowest BCUT2D eigenvalue weighted by molar-refractivity contribution is -0.146. The SMILES string of the molecule is CC[C@H](C)[C@H](N)C(=O)OCCCCCC(=O)O. The van der Waals surface area contributed by atoms with Gasteiger partial charge in [-0.1, -0.05) is 20.3 Å². The first-order valence-corrected chi connectivity index (χ1v) is 6.13. The summed E-state index contributed by atoms with van der Waals surface area (Å²) in [4.78, 5) is 21.7. The third kappa shape index (κ3) is 7.74. The Morgan fingerprint density at radius 2 is 1.94 bits per heavy atom. The molecule has 0 radical (unpaired) electrons. The minimum absolute atomic E-state index is 0.120. The van der Waals surface area contributed by atoms with Crippen LogP contribution in [0.25, 0.3) is 0 Å². The zero-order chi connectivity index (χ0) is 13.3. The number of hydrogen-bond donors (Lipinski definition) is 2. The van der Waals surface area contributed by atoms with Gasteiger partial charge < -0.3 is 15.6 Å². The van der Waals surface area contributed by atoms with Crippen LogP contribution in [0.4, 0.5) is 0 Å². The van der Waals surface area contributed by atoms with Crippen molar-refractivity contribution in [1.82, 2.24) is 0 Å². The summed E-state index contributed by atoms with van der Waals surface area (Å²) in [6.45, 7) is 4.21. The van der Waals surface area contributed by atoms with E-state index >= 15 is 0 Å². The average Bonchev–Trinajstić information content (AvgIpc) is 2.30. The molecule has 0 amide bonds. The van der Waals surface area contributed by atoms with Gasteiger partial charge in [0.2, 0.25) is 0 Å². The fraction of sp³-hybridized carbons (Fsp3) is 0.833. The Balaban J connectivity index is 3.54. The monoisotopic (exact) mass is 245 g/mol. The Labute approximate surface area is 102 Å². The summed E-state index contributed by atoms with van der Waals surface area (Å²) in [5.74, 6) is -1.03. The molecule has 0 saturated carbocycles. The zero-order valence-corrected chi connectivity index (χ0v) is 10.6. The highest BCUT2D eigenvalue weighted by Gasteiger charge is 2.20. The van der Waals surface area contributed by atoms with Crippen molar-refractivity contribution in [2.45, 2.75) is 52.0 Å². The molecule has 0 fully saturated rings. The van der Waals surface area contributed by atoms with Gasteiger partial charge in [0, 0.05) is 6.42 Å². The van der Waals surface area contributed by atoms with Crippen molar-refractivity contribution in [3.8, 4) is 0 Å². The molecule has 0 spiro atoms. The lowest BCUT2D eigenvalue weighted by Crippen LogP contribution is -2.38. The van der Waals surface area contributed by atoms with Crippen molar-refractivity contribution in [3.63, 3.8) is 0 Å². The van der Waals surface area contributed by atoms with E-state index in [1.54, 1.807) is 0 Å². The molecule has 0 heterocycles. The number of aliphatic carboxylic acids is 1. The number of carboxylic acid groups (broad SMARTS) is 1. The maximum Gasteiger partial charge on any atom is 0.323 e. The van der Waals surface area contributed by atoms with Gasteiger partial charge in [0.1, 0.15) is 6.04 Å². The number of nitrogens with two attached hydrogens (primary N) is 1. The van der Waals surface area contributed by atoms with Crippen LogP contribution in [0, 0.1) is 5.92 Å². The highest BCUT2D eigenvalue weighted by atomic mass is 16.5. The van der Waals surface area contributed by atoms with Gasteiger partial charge in [-0.15, -0.1) is 0 Å². The molecule has 0 saturated heterocycles. The van der Waals surface area contributed by atoms with Crippen molar-refractivity contribution >= 4 is 11.9 Å². The quantitative estimate of drug-likeness (QED) is 0.475. The fourth-order valence-electron chi connectivity index (χ4n) is 1.31. The van der Waals surface area contributed by atoms with Gasteiger partial charge >= 0.3 is 11.9 Å². The topological polar surface area (TPSA) is 89.6 Å². The number of carboxylic acids is 1. The summed E-state index contributed by atoms with van der Waals surface area (Å²) in [6, 6.07) is -0.556. The first kappa shape index (κ1) is 15.9. The third-order valence-corrected chi connectivity index (χ3v) is 2.81. The second-order valence-electron chi connectivity index (χ2n) is 4.28. The van der Waals surface area contributed by atoms with E-state index in [-0.39, 0.29) is 18.3 Å². The molecule has 0 unspecified atom stereocenters. The molecular formula is C12H23NO4. The van der Waals surface area contributed by atoms with Gasteiger partial charge in [0.15, 0.2) is 0 Å². The van der Waals surface area contributed by atoms with Crippen LogP contribution in [0.3, 0.4) is 0 Å². The van der Waals surface area contributed by atoms with E-state index in [0.717, 1.165) is 12.8 Å². The van der Waals surface area contributed by atoms with Gasteiger partial charge in [-0.2, -0.15) is 0 Å². The molecule has 5 nitrogen and oxygen atoms in total. The summed E-state index contributed by atoms with van der Waals surface area (Å²) in [6.07, 6.45) is 3.06. The molecule has 2 atom stereocenters. The summed E-state index contributed by atoms with van der Waals surface area (Å²) in [7, 11) is 0. The average molecular weight is 245 g/mol. The molecule has 0 aliphatic heterocycles. The van der Waals surface area contributed by atoms with Crippen molar-refractivity contribution in [1.29, 1.82) is 0 Å². The first-order chi connectivity index (χ1) is 7.99. The van der Waals surface area contributed by atoms with Crippen LogP contribution in [0.5, 0.6) is 0 Å². The molecule has 5 heteroatoms. The minimum Gasteiger partial charge on any atom is -0.481 e. The van der Waals surface area contributed by atoms with Gasteiger partial charge in [-0.25, -0.2) is 0 Å². The second kappa shape index (κ2) is 8.98. The molecule has 0 aromatic heterocycles. The van der Waals surface area contributed by atoms with Crippen LogP contribution in [0.2, 0.25) is 0 Å². The number of carbonyl (C=O) groups is 2. The van der Waals surface area contributed by atoms with Gasteiger partial charge in [0.25, 0.3) is 0 Å². The molecule has 0 bridgehead atoms. The van der Waals surface area contributed by atoms with E-state index < -0.39 is 12.0 Å². The lowest BCUT2D eigenvalue weighted by Gasteiger charge is -2.16. The van der Waals surface area contributed by atoms with E-state index in [0.29, 0.717) is 19.4 Å². The fourth-order valence-corrected chi connectivity index (χ4v) is 1.31. The highest BCUT2D eigenvalue weighted by Crippen LogP contribution is 2.07. The van der Waals surface area contributed by atoms with E-state index in [4.69, 9.17) is 15.6 Å². The van der Waals surface area contributed by atoms with Crippen LogP contribution in [0.1, 0.15) is 46.0 Å². The number of ether oxygens (including phenoxy) is 1. The molecule has 0 aromatic carbocycles. The Bertz CT molecular complexity index is 243. The summed E-state index contributed by atoms with van der Waals surface area (Å²) in [5, 5.41) is 8.42. The third-order valence-electron chi connectivity index (χ3n) is 2.81. The number of rotatable bonds is 9. The normalized spacial score (nSPS) is 14.1. The predicted octanol–water partition coefficient (Wildman–Crippen LogP) is 1.55. The maximum absolute atomic E-state index is 11.4. The largest absolute Gasteiger partial charge is 0.481 e. The molecule has 0 aliphatic rings. The lowest BCUT2D eigenvalue weighted by atomic mass is 10.0. The molecule has 0 aliphatic carbocycles. The molecule has 17 heavy (non-hydrogen) atoms. The summed E-state index contributed by atoms with van der Waals surface area (Å²) in [5.41, 5.74) is 5.70. The van der Waals surface area contributed by atoms with E-state index in [2.05, 4.69) is 0 Å². The smallest absolute Gasteiger partial charge is 0.323 e. The van der Waals surface area contributed by atoms with Crippen molar-refractivity contribution in [2.24, 2.45) is 11.7 Å². The zero-order valence-electron chi connectivity index (χ0n) is 10.6. The van der Waals surface area contributed by atoms with Crippen LogP contribution in [0.15, 0.2) is 0 Å². The van der Waals surface area contributed by atoms with Crippen molar-refractivity contribution in [3.05, 3.63) is 0 Å². The van der Waals surface area contributed by atoms with Crippen LogP contribution in [-0.4, -0.2) is 29.7 Å². The van der Waals surface area contributed by atoms with E-state index in [1.807, 2.05) is 13.8 Å². The molecule has 3 N–H and O–H groups in total. The Morgan fingerprint density at radius 3 is 2.47 bits per heavy atom. The molecule has 0 rings (SSSR count). The number of esters is 1. The molecule has 100 valence electrons. The number of unbranched alkanes of at least 4 members (excludes halogenated alkanes) is 2. The highest BCUT2D eigenvalue weighted by molar-refractivity contribution is 5.75. The van der Waals surface area contributed by atoms with E-state index in [1.165, 1.54) is 0 Å². The number of hydrogen-bond acceptors (Lipinski definition) is 4. The Kier molecular flexibility index (Phi) is 8.40. The number of carbonyl (C=O) groups excluding carboxylic acids is 1. The van der Waals surface area contributed by atoms with E-state index in [9.17, 15) is 9.59 Å². The molecule has 0 aromatic rings. The first-order valence-electron chi connectivity index (χ1n) is 6.13.